The molecule has 0 fully saturated rings. The van der Waals surface area contributed by atoms with Crippen LogP contribution in [0.15, 0.2) is 54.7 Å². The van der Waals surface area contributed by atoms with Gasteiger partial charge >= 0.3 is 5.97 Å². The van der Waals surface area contributed by atoms with E-state index in [1.54, 1.807) is 24.4 Å². The van der Waals surface area contributed by atoms with Crippen LogP contribution >= 0.6 is 0 Å². The van der Waals surface area contributed by atoms with Gasteiger partial charge in [-0.3, -0.25) is 9.78 Å². The van der Waals surface area contributed by atoms with Crippen molar-refractivity contribution in [1.82, 2.24) is 4.98 Å². The molecule has 124 valence electrons. The molecule has 3 aromatic rings. The molecular formula is C19H14N2O4. The van der Waals surface area contributed by atoms with Crippen molar-refractivity contribution in [1.29, 1.82) is 0 Å². The molecule has 1 aliphatic rings. The third-order valence-corrected chi connectivity index (χ3v) is 3.93. The van der Waals surface area contributed by atoms with E-state index in [2.05, 4.69) is 10.3 Å². The zero-order valence-corrected chi connectivity index (χ0v) is 13.2. The van der Waals surface area contributed by atoms with Crippen molar-refractivity contribution in [2.24, 2.45) is 0 Å². The molecule has 1 aromatic heterocycles. The van der Waals surface area contributed by atoms with E-state index in [1.165, 1.54) is 0 Å². The third kappa shape index (κ3) is 3.01. The van der Waals surface area contributed by atoms with Crippen LogP contribution in [-0.2, 0) is 16.1 Å². The number of anilines is 1. The second-order valence-electron chi connectivity index (χ2n) is 5.62. The highest BCUT2D eigenvalue weighted by Gasteiger charge is 2.18. The molecule has 1 aliphatic heterocycles. The number of fused-ring (bicyclic) bond motifs is 2. The van der Waals surface area contributed by atoms with E-state index in [4.69, 9.17) is 9.47 Å². The summed E-state index contributed by atoms with van der Waals surface area (Å²) in [7, 11) is 0. The summed E-state index contributed by atoms with van der Waals surface area (Å²) < 4.78 is 10.7. The Morgan fingerprint density at radius 3 is 3.00 bits per heavy atom. The van der Waals surface area contributed by atoms with Gasteiger partial charge in [0.05, 0.1) is 16.8 Å². The highest BCUT2D eigenvalue weighted by molar-refractivity contribution is 5.97. The number of aromatic nitrogens is 1. The molecule has 0 atom stereocenters. The van der Waals surface area contributed by atoms with Gasteiger partial charge in [0.2, 0.25) is 0 Å². The van der Waals surface area contributed by atoms with Gasteiger partial charge in [0.1, 0.15) is 12.4 Å². The maximum absolute atomic E-state index is 12.3. The lowest BCUT2D eigenvalue weighted by Gasteiger charge is -2.18. The molecule has 0 saturated carbocycles. The van der Waals surface area contributed by atoms with Crippen LogP contribution in [0.4, 0.5) is 5.69 Å². The summed E-state index contributed by atoms with van der Waals surface area (Å²) in [6, 6.07) is 14.4. The van der Waals surface area contributed by atoms with Gasteiger partial charge in [0.15, 0.2) is 6.61 Å². The highest BCUT2D eigenvalue weighted by Crippen LogP contribution is 2.29. The van der Waals surface area contributed by atoms with Gasteiger partial charge < -0.3 is 14.8 Å². The number of carbonyl (C=O) groups is 2. The minimum atomic E-state index is -0.462. The summed E-state index contributed by atoms with van der Waals surface area (Å²) in [6.07, 6.45) is 1.71. The average molecular weight is 334 g/mol. The molecule has 2 heterocycles. The maximum Gasteiger partial charge on any atom is 0.338 e. The summed E-state index contributed by atoms with van der Waals surface area (Å²) in [5.41, 5.74) is 2.57. The van der Waals surface area contributed by atoms with E-state index in [-0.39, 0.29) is 19.1 Å². The first-order valence-electron chi connectivity index (χ1n) is 7.77. The van der Waals surface area contributed by atoms with Crippen LogP contribution in [-0.4, -0.2) is 23.5 Å². The number of nitrogens with zero attached hydrogens (tertiary/aromatic N) is 1. The monoisotopic (exact) mass is 334 g/mol. The Kier molecular flexibility index (Phi) is 3.78. The van der Waals surface area contributed by atoms with Crippen LogP contribution in [0.1, 0.15) is 15.9 Å². The zero-order valence-electron chi connectivity index (χ0n) is 13.2. The van der Waals surface area contributed by atoms with Crippen molar-refractivity contribution in [2.45, 2.75) is 6.61 Å². The molecular weight excluding hydrogens is 320 g/mol. The van der Waals surface area contributed by atoms with Crippen molar-refractivity contribution in [3.05, 3.63) is 65.9 Å². The van der Waals surface area contributed by atoms with Crippen molar-refractivity contribution < 1.29 is 19.1 Å². The standard InChI is InChI=1S/C19H14N2O4/c22-17-11-24-16-9-13(6-7-15(16)21-17)19(23)25-10-14-4-1-3-12-5-2-8-20-18(12)14/h1-9H,10-11H2,(H,21,22). The maximum atomic E-state index is 12.3. The van der Waals surface area contributed by atoms with E-state index in [0.29, 0.717) is 17.0 Å². The van der Waals surface area contributed by atoms with E-state index >= 15 is 0 Å². The molecule has 0 bridgehead atoms. The Balaban J connectivity index is 1.51. The Labute approximate surface area is 143 Å². The number of ether oxygens (including phenoxy) is 2. The number of amides is 1. The SMILES string of the molecule is O=C1COc2cc(C(=O)OCc3cccc4cccnc34)ccc2N1. The number of hydrogen-bond donors (Lipinski definition) is 1. The van der Waals surface area contributed by atoms with Gasteiger partial charge in [0.25, 0.3) is 5.91 Å². The summed E-state index contributed by atoms with van der Waals surface area (Å²) in [5.74, 6) is -0.219. The van der Waals surface area contributed by atoms with Gasteiger partial charge in [-0.2, -0.15) is 0 Å². The number of hydrogen-bond acceptors (Lipinski definition) is 5. The molecule has 25 heavy (non-hydrogen) atoms. The lowest BCUT2D eigenvalue weighted by Crippen LogP contribution is -2.25. The van der Waals surface area contributed by atoms with E-state index in [9.17, 15) is 9.59 Å². The predicted octanol–water partition coefficient (Wildman–Crippen LogP) is 2.92. The number of rotatable bonds is 3. The van der Waals surface area contributed by atoms with Crippen LogP contribution in [0.3, 0.4) is 0 Å². The third-order valence-electron chi connectivity index (χ3n) is 3.93. The Morgan fingerprint density at radius 1 is 1.20 bits per heavy atom. The fourth-order valence-electron chi connectivity index (χ4n) is 2.71. The molecule has 1 amide bonds. The minimum absolute atomic E-state index is 0.0623. The molecule has 6 nitrogen and oxygen atoms in total. The zero-order chi connectivity index (χ0) is 17.2. The molecule has 0 unspecified atom stereocenters. The Bertz CT molecular complexity index is 979. The topological polar surface area (TPSA) is 77.5 Å². The van der Waals surface area contributed by atoms with E-state index < -0.39 is 5.97 Å². The van der Waals surface area contributed by atoms with Gasteiger partial charge in [-0.25, -0.2) is 4.79 Å². The largest absolute Gasteiger partial charge is 0.482 e. The van der Waals surface area contributed by atoms with Gasteiger partial charge in [-0.15, -0.1) is 0 Å². The van der Waals surface area contributed by atoms with E-state index in [0.717, 1.165) is 16.5 Å². The molecule has 0 radical (unpaired) electrons. The van der Waals surface area contributed by atoms with E-state index in [1.807, 2.05) is 30.3 Å². The van der Waals surface area contributed by atoms with Crippen molar-refractivity contribution in [3.8, 4) is 5.75 Å². The van der Waals surface area contributed by atoms with Crippen LogP contribution in [0.25, 0.3) is 10.9 Å². The lowest BCUT2D eigenvalue weighted by atomic mass is 10.1. The lowest BCUT2D eigenvalue weighted by molar-refractivity contribution is -0.118. The number of para-hydroxylation sites is 1. The van der Waals surface area contributed by atoms with Gasteiger partial charge in [-0.05, 0) is 24.3 Å². The highest BCUT2D eigenvalue weighted by atomic mass is 16.5. The Hall–Kier alpha value is -3.41. The van der Waals surface area contributed by atoms with Gasteiger partial charge in [0, 0.05) is 17.1 Å². The molecule has 1 N–H and O–H groups in total. The summed E-state index contributed by atoms with van der Waals surface area (Å²) in [6.45, 7) is 0.0645. The second kappa shape index (κ2) is 6.24. The summed E-state index contributed by atoms with van der Waals surface area (Å²) in [5, 5.41) is 3.67. The summed E-state index contributed by atoms with van der Waals surface area (Å²) in [4.78, 5) is 27.9. The average Bonchev–Trinajstić information content (AvgIpc) is 2.65. The molecule has 2 aromatic carbocycles. The normalized spacial score (nSPS) is 12.9. The molecule has 6 heteroatoms. The number of esters is 1. The van der Waals surface area contributed by atoms with Crippen molar-refractivity contribution in [2.75, 3.05) is 11.9 Å². The van der Waals surface area contributed by atoms with Crippen molar-refractivity contribution >= 4 is 28.5 Å². The van der Waals surface area contributed by atoms with Crippen molar-refractivity contribution in [3.63, 3.8) is 0 Å². The molecule has 0 aliphatic carbocycles. The summed E-state index contributed by atoms with van der Waals surface area (Å²) >= 11 is 0. The number of nitrogens with one attached hydrogen (secondary N) is 1. The van der Waals surface area contributed by atoms with Crippen LogP contribution in [0, 0.1) is 0 Å². The quantitative estimate of drug-likeness (QED) is 0.745. The molecule has 0 saturated heterocycles. The first kappa shape index (κ1) is 15.1. The minimum Gasteiger partial charge on any atom is -0.482 e. The molecule has 0 spiro atoms. The first-order valence-corrected chi connectivity index (χ1v) is 7.77. The van der Waals surface area contributed by atoms with Gasteiger partial charge in [-0.1, -0.05) is 24.3 Å². The van der Waals surface area contributed by atoms with Crippen LogP contribution in [0.5, 0.6) is 5.75 Å². The van der Waals surface area contributed by atoms with Crippen LogP contribution < -0.4 is 10.1 Å². The van der Waals surface area contributed by atoms with Crippen LogP contribution in [0.2, 0.25) is 0 Å². The number of benzene rings is 2. The molecule has 4 rings (SSSR count). The number of pyridine rings is 1. The first-order chi connectivity index (χ1) is 12.2. The Morgan fingerprint density at radius 2 is 2.08 bits per heavy atom. The second-order valence-corrected chi connectivity index (χ2v) is 5.62. The predicted molar refractivity (Wildman–Crippen MR) is 91.4 cm³/mol. The smallest absolute Gasteiger partial charge is 0.338 e. The fourth-order valence-corrected chi connectivity index (χ4v) is 2.71. The number of carbonyl (C=O) groups excluding carboxylic acids is 2. The fraction of sp³-hybridized carbons (Fsp3) is 0.105.